The van der Waals surface area contributed by atoms with Crippen LogP contribution in [-0.2, 0) is 0 Å². The smallest absolute Gasteiger partial charge is 0.253 e. The Bertz CT molecular complexity index is 937. The van der Waals surface area contributed by atoms with E-state index in [1.54, 1.807) is 12.1 Å². The molecule has 2 amide bonds. The molecule has 2 aromatic carbocycles. The van der Waals surface area contributed by atoms with E-state index in [9.17, 15) is 14.0 Å². The molecule has 2 aliphatic heterocycles. The largest absolute Gasteiger partial charge is 0.371 e. The van der Waals surface area contributed by atoms with E-state index in [-0.39, 0.29) is 17.9 Å². The fourth-order valence-electron chi connectivity index (χ4n) is 4.53. The molecule has 2 heterocycles. The molecule has 2 aromatic rings. The average Bonchev–Trinajstić information content (AvgIpc) is 3.33. The lowest BCUT2D eigenvalue weighted by Gasteiger charge is -2.35. The molecule has 0 radical (unpaired) electrons. The Morgan fingerprint density at radius 3 is 2.44 bits per heavy atom. The van der Waals surface area contributed by atoms with Gasteiger partial charge in [0, 0.05) is 43.5 Å². The molecule has 0 unspecified atom stereocenters. The van der Waals surface area contributed by atoms with Crippen molar-refractivity contribution in [3.63, 3.8) is 0 Å². The summed E-state index contributed by atoms with van der Waals surface area (Å²) in [5, 5.41) is 6.08. The number of rotatable bonds is 7. The van der Waals surface area contributed by atoms with Gasteiger partial charge < -0.3 is 20.4 Å². The molecule has 0 atom stereocenters. The van der Waals surface area contributed by atoms with Crippen molar-refractivity contribution in [2.24, 2.45) is 0 Å². The third-order valence-corrected chi connectivity index (χ3v) is 6.32. The van der Waals surface area contributed by atoms with E-state index in [0.717, 1.165) is 51.3 Å². The monoisotopic (exact) mass is 438 g/mol. The first-order chi connectivity index (χ1) is 15.6. The van der Waals surface area contributed by atoms with Crippen molar-refractivity contribution >= 4 is 17.5 Å². The van der Waals surface area contributed by atoms with E-state index in [1.165, 1.54) is 25.0 Å². The highest BCUT2D eigenvalue weighted by molar-refractivity contribution is 5.99. The Morgan fingerprint density at radius 1 is 0.938 bits per heavy atom. The fraction of sp³-hybridized carbons (Fsp3) is 0.440. The first kappa shape index (κ1) is 22.3. The second-order valence-electron chi connectivity index (χ2n) is 8.57. The van der Waals surface area contributed by atoms with Gasteiger partial charge >= 0.3 is 0 Å². The van der Waals surface area contributed by atoms with Crippen LogP contribution < -0.4 is 15.5 Å². The van der Waals surface area contributed by atoms with E-state index in [2.05, 4.69) is 20.4 Å². The number of nitrogens with one attached hydrogen (secondary N) is 2. The number of anilines is 1. The van der Waals surface area contributed by atoms with Gasteiger partial charge in [-0.05, 0) is 69.1 Å². The van der Waals surface area contributed by atoms with E-state index in [4.69, 9.17) is 0 Å². The molecule has 2 N–H and O–H groups in total. The standard InChI is InChI=1S/C25H31FN4O2/c26-20-7-5-6-19(18-20)24(31)28-21-10-15-30(16-11-21)23-9-2-1-8-22(23)25(32)27-12-17-29-13-3-4-14-29/h1-2,5-9,18,21H,3-4,10-17H2,(H,27,32)(H,28,31). The predicted molar refractivity (Wildman–Crippen MR) is 124 cm³/mol. The molecule has 0 spiro atoms. The van der Waals surface area contributed by atoms with Gasteiger partial charge in [-0.1, -0.05) is 18.2 Å². The number of amides is 2. The highest BCUT2D eigenvalue weighted by atomic mass is 19.1. The lowest BCUT2D eigenvalue weighted by Crippen LogP contribution is -2.45. The van der Waals surface area contributed by atoms with Gasteiger partial charge in [0.05, 0.1) is 5.56 Å². The molecule has 6 nitrogen and oxygen atoms in total. The lowest BCUT2D eigenvalue weighted by molar-refractivity contribution is 0.0929. The number of carbonyl (C=O) groups is 2. The number of benzene rings is 2. The van der Waals surface area contributed by atoms with E-state index in [1.807, 2.05) is 24.3 Å². The number of halogens is 1. The van der Waals surface area contributed by atoms with Crippen LogP contribution in [0.4, 0.5) is 10.1 Å². The summed E-state index contributed by atoms with van der Waals surface area (Å²) in [4.78, 5) is 29.8. The first-order valence-corrected chi connectivity index (χ1v) is 11.5. The van der Waals surface area contributed by atoms with Crippen LogP contribution in [0.15, 0.2) is 48.5 Å². The molecule has 0 bridgehead atoms. The minimum atomic E-state index is -0.414. The molecule has 32 heavy (non-hydrogen) atoms. The van der Waals surface area contributed by atoms with E-state index < -0.39 is 5.82 Å². The van der Waals surface area contributed by atoms with Gasteiger partial charge in [-0.25, -0.2) is 4.39 Å². The van der Waals surface area contributed by atoms with Crippen molar-refractivity contribution in [2.45, 2.75) is 31.7 Å². The number of hydrogen-bond acceptors (Lipinski definition) is 4. The minimum absolute atomic E-state index is 0.0310. The third kappa shape index (κ3) is 5.65. The number of likely N-dealkylation sites (tertiary alicyclic amines) is 1. The zero-order chi connectivity index (χ0) is 22.3. The average molecular weight is 439 g/mol. The molecule has 2 aliphatic rings. The lowest BCUT2D eigenvalue weighted by atomic mass is 10.0. The number of nitrogens with zero attached hydrogens (tertiary/aromatic N) is 2. The maximum absolute atomic E-state index is 13.4. The molecule has 2 fully saturated rings. The highest BCUT2D eigenvalue weighted by Gasteiger charge is 2.24. The van der Waals surface area contributed by atoms with Crippen molar-refractivity contribution in [3.05, 3.63) is 65.5 Å². The Morgan fingerprint density at radius 2 is 1.69 bits per heavy atom. The van der Waals surface area contributed by atoms with E-state index >= 15 is 0 Å². The first-order valence-electron chi connectivity index (χ1n) is 11.5. The molecule has 0 aliphatic carbocycles. The van der Waals surface area contributed by atoms with Gasteiger partial charge in [-0.15, -0.1) is 0 Å². The number of hydrogen-bond donors (Lipinski definition) is 2. The van der Waals surface area contributed by atoms with Gasteiger partial charge in [-0.2, -0.15) is 0 Å². The summed E-state index contributed by atoms with van der Waals surface area (Å²) in [6.45, 7) is 5.28. The summed E-state index contributed by atoms with van der Waals surface area (Å²) in [6, 6.07) is 13.5. The summed E-state index contributed by atoms with van der Waals surface area (Å²) < 4.78 is 13.4. The van der Waals surface area contributed by atoms with Crippen LogP contribution in [0, 0.1) is 5.82 Å². The minimum Gasteiger partial charge on any atom is -0.371 e. The zero-order valence-corrected chi connectivity index (χ0v) is 18.4. The van der Waals surface area contributed by atoms with Crippen molar-refractivity contribution in [3.8, 4) is 0 Å². The van der Waals surface area contributed by atoms with Crippen molar-refractivity contribution < 1.29 is 14.0 Å². The van der Waals surface area contributed by atoms with Gasteiger partial charge in [0.1, 0.15) is 5.82 Å². The molecular formula is C25H31FN4O2. The molecule has 170 valence electrons. The van der Waals surface area contributed by atoms with Crippen LogP contribution in [0.2, 0.25) is 0 Å². The normalized spacial score (nSPS) is 17.3. The quantitative estimate of drug-likeness (QED) is 0.698. The fourth-order valence-corrected chi connectivity index (χ4v) is 4.53. The molecule has 4 rings (SSSR count). The van der Waals surface area contributed by atoms with Crippen LogP contribution in [0.5, 0.6) is 0 Å². The van der Waals surface area contributed by atoms with E-state index in [0.29, 0.717) is 17.7 Å². The Hall–Kier alpha value is -2.93. The van der Waals surface area contributed by atoms with Gasteiger partial charge in [0.2, 0.25) is 0 Å². The van der Waals surface area contributed by atoms with Gasteiger partial charge in [-0.3, -0.25) is 9.59 Å². The second-order valence-corrected chi connectivity index (χ2v) is 8.57. The topological polar surface area (TPSA) is 64.7 Å². The van der Waals surface area contributed by atoms with Crippen LogP contribution in [-0.4, -0.2) is 62.0 Å². The predicted octanol–water partition coefficient (Wildman–Crippen LogP) is 3.05. The third-order valence-electron chi connectivity index (χ3n) is 6.32. The van der Waals surface area contributed by atoms with Crippen molar-refractivity contribution in [1.82, 2.24) is 15.5 Å². The Labute approximate surface area is 188 Å². The molecule has 7 heteroatoms. The SMILES string of the molecule is O=C(NC1CCN(c2ccccc2C(=O)NCCN2CCCC2)CC1)c1cccc(F)c1. The Kier molecular flexibility index (Phi) is 7.37. The number of piperidine rings is 1. The molecule has 2 saturated heterocycles. The van der Waals surface area contributed by atoms with Gasteiger partial charge in [0.15, 0.2) is 0 Å². The maximum Gasteiger partial charge on any atom is 0.253 e. The van der Waals surface area contributed by atoms with Crippen LogP contribution >= 0.6 is 0 Å². The summed E-state index contributed by atoms with van der Waals surface area (Å²) in [5.74, 6) is -0.704. The van der Waals surface area contributed by atoms with Crippen molar-refractivity contribution in [1.29, 1.82) is 0 Å². The van der Waals surface area contributed by atoms with Crippen LogP contribution in [0.25, 0.3) is 0 Å². The summed E-state index contributed by atoms with van der Waals surface area (Å²) in [5.41, 5.74) is 1.96. The highest BCUT2D eigenvalue weighted by Crippen LogP contribution is 2.24. The van der Waals surface area contributed by atoms with Crippen LogP contribution in [0.3, 0.4) is 0 Å². The zero-order valence-electron chi connectivity index (χ0n) is 18.4. The molecular weight excluding hydrogens is 407 g/mol. The Balaban J connectivity index is 1.30. The number of carbonyl (C=O) groups excluding carboxylic acids is 2. The van der Waals surface area contributed by atoms with Gasteiger partial charge in [0.25, 0.3) is 11.8 Å². The van der Waals surface area contributed by atoms with Crippen molar-refractivity contribution in [2.75, 3.05) is 44.2 Å². The molecule has 0 aromatic heterocycles. The summed E-state index contributed by atoms with van der Waals surface area (Å²) >= 11 is 0. The summed E-state index contributed by atoms with van der Waals surface area (Å²) in [6.07, 6.45) is 4.03. The number of para-hydroxylation sites is 1. The summed E-state index contributed by atoms with van der Waals surface area (Å²) in [7, 11) is 0. The van der Waals surface area contributed by atoms with Crippen LogP contribution in [0.1, 0.15) is 46.4 Å². The maximum atomic E-state index is 13.4. The molecule has 0 saturated carbocycles. The second kappa shape index (κ2) is 10.6.